The summed E-state index contributed by atoms with van der Waals surface area (Å²) >= 11 is 3.59. The molecule has 0 aliphatic heterocycles. The standard InChI is InChI=1S/C12H21N3S2/c1-4-16-10-6-5-9(7-10)13-12-14-11(8(2)3)15-17-12/h8-10H,4-7H2,1-3H3,(H,13,14,15). The zero-order chi connectivity index (χ0) is 12.3. The van der Waals surface area contributed by atoms with Gasteiger partial charge in [-0.05, 0) is 25.0 Å². The van der Waals surface area contributed by atoms with Crippen LogP contribution >= 0.6 is 23.3 Å². The zero-order valence-electron chi connectivity index (χ0n) is 10.8. The van der Waals surface area contributed by atoms with Crippen molar-refractivity contribution >= 4 is 28.4 Å². The molecule has 0 radical (unpaired) electrons. The summed E-state index contributed by atoms with van der Waals surface area (Å²) in [6.45, 7) is 6.51. The first kappa shape index (κ1) is 13.1. The van der Waals surface area contributed by atoms with Gasteiger partial charge in [0.2, 0.25) is 5.13 Å². The van der Waals surface area contributed by atoms with Crippen molar-refractivity contribution in [2.75, 3.05) is 11.1 Å². The third kappa shape index (κ3) is 3.58. The lowest BCUT2D eigenvalue weighted by Gasteiger charge is -2.11. The van der Waals surface area contributed by atoms with Crippen LogP contribution in [0.5, 0.6) is 0 Å². The van der Waals surface area contributed by atoms with E-state index < -0.39 is 0 Å². The number of nitrogens with zero attached hydrogens (tertiary/aromatic N) is 2. The molecule has 3 nitrogen and oxygen atoms in total. The van der Waals surface area contributed by atoms with E-state index in [1.807, 2.05) is 0 Å². The maximum absolute atomic E-state index is 4.53. The minimum absolute atomic E-state index is 0.425. The molecular weight excluding hydrogens is 250 g/mol. The maximum Gasteiger partial charge on any atom is 0.202 e. The van der Waals surface area contributed by atoms with Crippen molar-refractivity contribution in [3.63, 3.8) is 0 Å². The van der Waals surface area contributed by atoms with E-state index in [9.17, 15) is 0 Å². The van der Waals surface area contributed by atoms with E-state index in [0.29, 0.717) is 12.0 Å². The van der Waals surface area contributed by atoms with Crippen molar-refractivity contribution in [3.8, 4) is 0 Å². The summed E-state index contributed by atoms with van der Waals surface area (Å²) in [5.74, 6) is 2.62. The molecule has 0 spiro atoms. The second-order valence-corrected chi connectivity index (χ2v) is 7.17. The lowest BCUT2D eigenvalue weighted by molar-refractivity contribution is 0.749. The average molecular weight is 271 g/mol. The van der Waals surface area contributed by atoms with E-state index in [-0.39, 0.29) is 0 Å². The molecule has 96 valence electrons. The third-order valence-electron chi connectivity index (χ3n) is 3.07. The smallest absolute Gasteiger partial charge is 0.202 e. The maximum atomic E-state index is 4.53. The van der Waals surface area contributed by atoms with E-state index in [2.05, 4.69) is 47.2 Å². The second kappa shape index (κ2) is 6.05. The van der Waals surface area contributed by atoms with Gasteiger partial charge in [-0.1, -0.05) is 20.8 Å². The highest BCUT2D eigenvalue weighted by atomic mass is 32.2. The van der Waals surface area contributed by atoms with Crippen LogP contribution in [0.15, 0.2) is 0 Å². The normalized spacial score (nSPS) is 24.5. The molecule has 1 aliphatic carbocycles. The lowest BCUT2D eigenvalue weighted by Crippen LogP contribution is -2.15. The molecule has 0 amide bonds. The van der Waals surface area contributed by atoms with E-state index in [1.54, 1.807) is 0 Å². The fourth-order valence-electron chi connectivity index (χ4n) is 2.16. The van der Waals surface area contributed by atoms with Crippen LogP contribution in [0.4, 0.5) is 5.13 Å². The number of nitrogens with one attached hydrogen (secondary N) is 1. The molecular formula is C12H21N3S2. The first-order valence-electron chi connectivity index (χ1n) is 6.40. The van der Waals surface area contributed by atoms with Crippen molar-refractivity contribution in [1.82, 2.24) is 9.36 Å². The molecule has 1 aromatic heterocycles. The molecule has 1 fully saturated rings. The summed E-state index contributed by atoms with van der Waals surface area (Å²) in [4.78, 5) is 4.53. The molecule has 1 saturated carbocycles. The molecule has 1 N–H and O–H groups in total. The number of hydrogen-bond acceptors (Lipinski definition) is 5. The molecule has 1 aliphatic rings. The Morgan fingerprint density at radius 2 is 2.29 bits per heavy atom. The monoisotopic (exact) mass is 271 g/mol. The molecule has 2 rings (SSSR count). The Hall–Kier alpha value is -0.290. The van der Waals surface area contributed by atoms with Crippen molar-refractivity contribution < 1.29 is 0 Å². The van der Waals surface area contributed by atoms with Crippen molar-refractivity contribution in [2.24, 2.45) is 0 Å². The molecule has 1 aromatic rings. The number of aromatic nitrogens is 2. The minimum Gasteiger partial charge on any atom is -0.358 e. The summed E-state index contributed by atoms with van der Waals surface area (Å²) in [7, 11) is 0. The van der Waals surface area contributed by atoms with Gasteiger partial charge < -0.3 is 5.32 Å². The SMILES string of the molecule is CCSC1CCC(Nc2nc(C(C)C)ns2)C1. The summed E-state index contributed by atoms with van der Waals surface area (Å²) in [5.41, 5.74) is 0. The van der Waals surface area contributed by atoms with Gasteiger partial charge in [-0.3, -0.25) is 0 Å². The molecule has 1 heterocycles. The average Bonchev–Trinajstić information content (AvgIpc) is 2.89. The number of anilines is 1. The van der Waals surface area contributed by atoms with Gasteiger partial charge in [-0.2, -0.15) is 16.1 Å². The highest BCUT2D eigenvalue weighted by Crippen LogP contribution is 2.32. The highest BCUT2D eigenvalue weighted by molar-refractivity contribution is 7.99. The largest absolute Gasteiger partial charge is 0.358 e. The quantitative estimate of drug-likeness (QED) is 0.885. The molecule has 2 atom stereocenters. The van der Waals surface area contributed by atoms with E-state index in [4.69, 9.17) is 0 Å². The number of hydrogen-bond donors (Lipinski definition) is 1. The van der Waals surface area contributed by atoms with Crippen molar-refractivity contribution in [2.45, 2.75) is 57.2 Å². The van der Waals surface area contributed by atoms with E-state index in [1.165, 1.54) is 36.5 Å². The Morgan fingerprint density at radius 3 is 2.94 bits per heavy atom. The van der Waals surface area contributed by atoms with Gasteiger partial charge in [0.05, 0.1) is 0 Å². The van der Waals surface area contributed by atoms with E-state index >= 15 is 0 Å². The molecule has 0 bridgehead atoms. The Kier molecular flexibility index (Phi) is 4.68. The topological polar surface area (TPSA) is 37.8 Å². The van der Waals surface area contributed by atoms with Crippen molar-refractivity contribution in [3.05, 3.63) is 5.82 Å². The van der Waals surface area contributed by atoms with Crippen LogP contribution in [0.2, 0.25) is 0 Å². The predicted octanol–water partition coefficient (Wildman–Crippen LogP) is 3.75. The summed E-state index contributed by atoms with van der Waals surface area (Å²) in [6.07, 6.45) is 3.88. The lowest BCUT2D eigenvalue weighted by atomic mass is 10.2. The van der Waals surface area contributed by atoms with Crippen LogP contribution in [0.3, 0.4) is 0 Å². The Morgan fingerprint density at radius 1 is 1.47 bits per heavy atom. The third-order valence-corrected chi connectivity index (χ3v) is 4.97. The predicted molar refractivity (Wildman–Crippen MR) is 77.2 cm³/mol. The Labute approximate surface area is 112 Å². The molecule has 17 heavy (non-hydrogen) atoms. The van der Waals surface area contributed by atoms with Crippen LogP contribution in [-0.2, 0) is 0 Å². The van der Waals surface area contributed by atoms with Crippen LogP contribution < -0.4 is 5.32 Å². The van der Waals surface area contributed by atoms with Gasteiger partial charge in [-0.25, -0.2) is 4.98 Å². The Bertz CT molecular complexity index is 351. The fraction of sp³-hybridized carbons (Fsp3) is 0.833. The fourth-order valence-corrected chi connectivity index (χ4v) is 4.09. The van der Waals surface area contributed by atoms with Crippen LogP contribution in [0.25, 0.3) is 0 Å². The summed E-state index contributed by atoms with van der Waals surface area (Å²) < 4.78 is 4.38. The Balaban J connectivity index is 1.85. The molecule has 0 aromatic carbocycles. The van der Waals surface area contributed by atoms with Gasteiger partial charge in [0.1, 0.15) is 5.82 Å². The molecule has 0 saturated heterocycles. The van der Waals surface area contributed by atoms with Gasteiger partial charge in [0.15, 0.2) is 0 Å². The highest BCUT2D eigenvalue weighted by Gasteiger charge is 2.25. The second-order valence-electron chi connectivity index (χ2n) is 4.84. The van der Waals surface area contributed by atoms with Crippen LogP contribution in [0.1, 0.15) is 51.8 Å². The van der Waals surface area contributed by atoms with Crippen molar-refractivity contribution in [1.29, 1.82) is 0 Å². The molecule has 2 unspecified atom stereocenters. The van der Waals surface area contributed by atoms with Gasteiger partial charge in [-0.15, -0.1) is 0 Å². The van der Waals surface area contributed by atoms with Gasteiger partial charge in [0.25, 0.3) is 0 Å². The van der Waals surface area contributed by atoms with Crippen LogP contribution in [0, 0.1) is 0 Å². The summed E-state index contributed by atoms with van der Waals surface area (Å²) in [5, 5.41) is 5.38. The summed E-state index contributed by atoms with van der Waals surface area (Å²) in [6, 6.07) is 0.604. The van der Waals surface area contributed by atoms with Gasteiger partial charge in [0, 0.05) is 28.7 Å². The van der Waals surface area contributed by atoms with Crippen LogP contribution in [-0.4, -0.2) is 26.4 Å². The first-order valence-corrected chi connectivity index (χ1v) is 8.23. The first-order chi connectivity index (χ1) is 8.19. The molecule has 5 heteroatoms. The zero-order valence-corrected chi connectivity index (χ0v) is 12.4. The minimum atomic E-state index is 0.425. The van der Waals surface area contributed by atoms with Gasteiger partial charge >= 0.3 is 0 Å². The number of rotatable bonds is 5. The number of thioether (sulfide) groups is 1. The van der Waals surface area contributed by atoms with E-state index in [0.717, 1.165) is 16.2 Å².